The molecule has 1 unspecified atom stereocenters. The van der Waals surface area contributed by atoms with Crippen molar-refractivity contribution in [3.05, 3.63) is 35.4 Å². The Labute approximate surface area is 86.5 Å². The normalized spacial score (nSPS) is 13.9. The Hall–Kier alpha value is -1.03. The molecule has 15 heavy (non-hydrogen) atoms. The van der Waals surface area contributed by atoms with Gasteiger partial charge in [0.25, 0.3) is 0 Å². The number of aliphatic hydroxyl groups is 1. The lowest BCUT2D eigenvalue weighted by Gasteiger charge is -2.14. The minimum Gasteiger partial charge on any atom is -0.384 e. The Kier molecular flexibility index (Phi) is 3.74. The number of aryl methyl sites for hydroxylation is 2. The van der Waals surface area contributed by atoms with Gasteiger partial charge in [0.1, 0.15) is 6.10 Å². The summed E-state index contributed by atoms with van der Waals surface area (Å²) in [5, 5.41) is 8.79. The van der Waals surface area contributed by atoms with Gasteiger partial charge in [-0.05, 0) is 25.3 Å². The highest BCUT2D eigenvalue weighted by Gasteiger charge is 2.37. The molecule has 0 amide bonds. The van der Waals surface area contributed by atoms with Gasteiger partial charge in [-0.15, -0.1) is 0 Å². The maximum Gasteiger partial charge on any atom is 0.414 e. The van der Waals surface area contributed by atoms with Crippen LogP contribution in [-0.2, 0) is 6.42 Å². The largest absolute Gasteiger partial charge is 0.414 e. The summed E-state index contributed by atoms with van der Waals surface area (Å²) < 4.78 is 35.9. The monoisotopic (exact) mass is 218 g/mol. The fourth-order valence-electron chi connectivity index (χ4n) is 1.33. The van der Waals surface area contributed by atoms with Gasteiger partial charge in [0.15, 0.2) is 0 Å². The summed E-state index contributed by atoms with van der Waals surface area (Å²) in [4.78, 5) is 0. The number of alkyl halides is 3. The summed E-state index contributed by atoms with van der Waals surface area (Å²) in [5.41, 5.74) is 1.83. The number of benzene rings is 1. The first kappa shape index (κ1) is 12.0. The summed E-state index contributed by atoms with van der Waals surface area (Å²) >= 11 is 0. The standard InChI is InChI=1S/C11H13F3O/c1-8-3-2-4-9(7-8)5-6-10(15)11(12,13)14/h2-4,7,10,15H,5-6H2,1H3. The number of aliphatic hydroxyl groups excluding tert-OH is 1. The first-order valence-corrected chi connectivity index (χ1v) is 4.70. The predicted octanol–water partition coefficient (Wildman–Crippen LogP) is 2.85. The van der Waals surface area contributed by atoms with Gasteiger partial charge in [0.2, 0.25) is 0 Å². The van der Waals surface area contributed by atoms with Crippen LogP contribution in [-0.4, -0.2) is 17.4 Å². The van der Waals surface area contributed by atoms with Gasteiger partial charge in [-0.2, -0.15) is 13.2 Å². The van der Waals surface area contributed by atoms with Crippen molar-refractivity contribution in [1.82, 2.24) is 0 Å². The zero-order valence-corrected chi connectivity index (χ0v) is 8.38. The lowest BCUT2D eigenvalue weighted by Crippen LogP contribution is -2.28. The molecule has 4 heteroatoms. The molecule has 84 valence electrons. The van der Waals surface area contributed by atoms with E-state index in [0.29, 0.717) is 0 Å². The SMILES string of the molecule is Cc1cccc(CCC(O)C(F)(F)F)c1. The summed E-state index contributed by atoms with van der Waals surface area (Å²) in [6.45, 7) is 1.88. The van der Waals surface area contributed by atoms with Gasteiger partial charge in [-0.1, -0.05) is 29.8 Å². The maximum absolute atomic E-state index is 12.0. The summed E-state index contributed by atoms with van der Waals surface area (Å²) in [5.74, 6) is 0. The fourth-order valence-corrected chi connectivity index (χ4v) is 1.33. The quantitative estimate of drug-likeness (QED) is 0.827. The van der Waals surface area contributed by atoms with Gasteiger partial charge in [0, 0.05) is 0 Å². The van der Waals surface area contributed by atoms with Gasteiger partial charge in [0.05, 0.1) is 0 Å². The zero-order chi connectivity index (χ0) is 11.5. The minimum absolute atomic E-state index is 0.238. The van der Waals surface area contributed by atoms with Crippen molar-refractivity contribution in [2.45, 2.75) is 32.0 Å². The smallest absolute Gasteiger partial charge is 0.384 e. The van der Waals surface area contributed by atoms with E-state index in [4.69, 9.17) is 5.11 Å². The van der Waals surface area contributed by atoms with Gasteiger partial charge in [-0.25, -0.2) is 0 Å². The molecular weight excluding hydrogens is 205 g/mol. The van der Waals surface area contributed by atoms with Gasteiger partial charge < -0.3 is 5.11 Å². The highest BCUT2D eigenvalue weighted by atomic mass is 19.4. The van der Waals surface area contributed by atoms with Crippen LogP contribution >= 0.6 is 0 Å². The fraction of sp³-hybridized carbons (Fsp3) is 0.455. The Balaban J connectivity index is 2.51. The van der Waals surface area contributed by atoms with Crippen LogP contribution < -0.4 is 0 Å². The van der Waals surface area contributed by atoms with Crippen LogP contribution in [0.15, 0.2) is 24.3 Å². The molecule has 0 bridgehead atoms. The molecule has 1 atom stereocenters. The Morgan fingerprint density at radius 2 is 2.00 bits per heavy atom. The van der Waals surface area contributed by atoms with E-state index < -0.39 is 12.3 Å². The topological polar surface area (TPSA) is 20.2 Å². The molecule has 1 N–H and O–H groups in total. The van der Waals surface area contributed by atoms with Crippen molar-refractivity contribution >= 4 is 0 Å². The molecule has 0 spiro atoms. The second kappa shape index (κ2) is 4.66. The first-order chi connectivity index (χ1) is 6.89. The zero-order valence-electron chi connectivity index (χ0n) is 8.38. The Morgan fingerprint density at radius 3 is 2.53 bits per heavy atom. The first-order valence-electron chi connectivity index (χ1n) is 4.70. The van der Waals surface area contributed by atoms with Crippen LogP contribution in [0.2, 0.25) is 0 Å². The third kappa shape index (κ3) is 3.91. The van der Waals surface area contributed by atoms with Crippen molar-refractivity contribution < 1.29 is 18.3 Å². The van der Waals surface area contributed by atoms with E-state index in [1.807, 2.05) is 19.1 Å². The second-order valence-corrected chi connectivity index (χ2v) is 3.59. The molecule has 1 nitrogen and oxygen atoms in total. The number of rotatable bonds is 3. The van der Waals surface area contributed by atoms with E-state index >= 15 is 0 Å². The molecule has 1 aromatic carbocycles. The molecule has 1 aromatic rings. The molecular formula is C11H13F3O. The molecule has 0 saturated heterocycles. The van der Waals surface area contributed by atoms with E-state index in [-0.39, 0.29) is 12.8 Å². The molecule has 0 aliphatic carbocycles. The Bertz CT molecular complexity index is 320. The van der Waals surface area contributed by atoms with E-state index in [1.165, 1.54) is 0 Å². The maximum atomic E-state index is 12.0. The highest BCUT2D eigenvalue weighted by Crippen LogP contribution is 2.23. The molecule has 0 saturated carbocycles. The summed E-state index contributed by atoms with van der Waals surface area (Å²) in [6.07, 6.45) is -6.78. The van der Waals surface area contributed by atoms with Crippen molar-refractivity contribution in [3.8, 4) is 0 Å². The van der Waals surface area contributed by atoms with Crippen LogP contribution in [0, 0.1) is 6.92 Å². The van der Waals surface area contributed by atoms with Crippen LogP contribution in [0.5, 0.6) is 0 Å². The molecule has 0 radical (unpaired) electrons. The van der Waals surface area contributed by atoms with E-state index in [2.05, 4.69) is 0 Å². The second-order valence-electron chi connectivity index (χ2n) is 3.59. The van der Waals surface area contributed by atoms with E-state index in [1.54, 1.807) is 12.1 Å². The Morgan fingerprint density at radius 1 is 1.33 bits per heavy atom. The van der Waals surface area contributed by atoms with Crippen LogP contribution in [0.1, 0.15) is 17.5 Å². The van der Waals surface area contributed by atoms with Crippen molar-refractivity contribution in [2.75, 3.05) is 0 Å². The lowest BCUT2D eigenvalue weighted by atomic mass is 10.0. The van der Waals surface area contributed by atoms with Crippen molar-refractivity contribution in [1.29, 1.82) is 0 Å². The molecule has 0 aliphatic rings. The molecule has 0 aliphatic heterocycles. The molecule has 0 fully saturated rings. The molecule has 0 heterocycles. The van der Waals surface area contributed by atoms with Gasteiger partial charge >= 0.3 is 6.18 Å². The van der Waals surface area contributed by atoms with E-state index in [0.717, 1.165) is 11.1 Å². The van der Waals surface area contributed by atoms with E-state index in [9.17, 15) is 13.2 Å². The number of hydrogen-bond acceptors (Lipinski definition) is 1. The van der Waals surface area contributed by atoms with Crippen molar-refractivity contribution in [3.63, 3.8) is 0 Å². The molecule has 0 aromatic heterocycles. The molecule has 1 rings (SSSR count). The minimum atomic E-state index is -4.51. The van der Waals surface area contributed by atoms with Crippen molar-refractivity contribution in [2.24, 2.45) is 0 Å². The van der Waals surface area contributed by atoms with Crippen LogP contribution in [0.3, 0.4) is 0 Å². The average Bonchev–Trinajstić information content (AvgIpc) is 2.12. The number of halogens is 3. The lowest BCUT2D eigenvalue weighted by molar-refractivity contribution is -0.205. The highest BCUT2D eigenvalue weighted by molar-refractivity contribution is 5.22. The van der Waals surface area contributed by atoms with Crippen LogP contribution in [0.4, 0.5) is 13.2 Å². The predicted molar refractivity (Wildman–Crippen MR) is 51.6 cm³/mol. The summed E-state index contributed by atoms with van der Waals surface area (Å²) in [7, 11) is 0. The third-order valence-electron chi connectivity index (χ3n) is 2.17. The average molecular weight is 218 g/mol. The summed E-state index contributed by atoms with van der Waals surface area (Å²) in [6, 6.07) is 7.26. The van der Waals surface area contributed by atoms with Crippen LogP contribution in [0.25, 0.3) is 0 Å². The third-order valence-corrected chi connectivity index (χ3v) is 2.17. The number of hydrogen-bond donors (Lipinski definition) is 1. The van der Waals surface area contributed by atoms with Gasteiger partial charge in [-0.3, -0.25) is 0 Å².